The minimum atomic E-state index is -0.529. The van der Waals surface area contributed by atoms with Crippen molar-refractivity contribution >= 4 is 23.3 Å². The number of nitro groups is 1. The van der Waals surface area contributed by atoms with Crippen LogP contribution in [0, 0.1) is 10.1 Å². The molecule has 176 valence electrons. The fraction of sp³-hybridized carbons (Fsp3) is 0.115. The Bertz CT molecular complexity index is 1340. The molecule has 0 aliphatic heterocycles. The Morgan fingerprint density at radius 3 is 2.20 bits per heavy atom. The van der Waals surface area contributed by atoms with E-state index in [-0.39, 0.29) is 36.2 Å². The smallest absolute Gasteiger partial charge is 0.269 e. The van der Waals surface area contributed by atoms with Gasteiger partial charge >= 0.3 is 0 Å². The summed E-state index contributed by atoms with van der Waals surface area (Å²) in [5.74, 6) is -0.309. The molecule has 1 aromatic heterocycles. The Morgan fingerprint density at radius 2 is 1.60 bits per heavy atom. The maximum atomic E-state index is 13.0. The minimum absolute atomic E-state index is 0.106. The van der Waals surface area contributed by atoms with Crippen molar-refractivity contribution < 1.29 is 14.5 Å². The van der Waals surface area contributed by atoms with E-state index in [1.807, 2.05) is 60.7 Å². The summed E-state index contributed by atoms with van der Waals surface area (Å²) in [5.41, 5.74) is 2.54. The Labute approximate surface area is 201 Å². The Morgan fingerprint density at radius 1 is 0.971 bits per heavy atom. The topological polar surface area (TPSA) is 110 Å². The van der Waals surface area contributed by atoms with Crippen LogP contribution >= 0.6 is 0 Å². The predicted octanol–water partition coefficient (Wildman–Crippen LogP) is 4.55. The number of para-hydroxylation sites is 1. The molecule has 35 heavy (non-hydrogen) atoms. The van der Waals surface area contributed by atoms with Crippen LogP contribution < -0.4 is 5.32 Å². The summed E-state index contributed by atoms with van der Waals surface area (Å²) in [6.07, 6.45) is 0. The number of carbonyl (C=O) groups excluding carboxylic acids is 2. The number of nitrogens with one attached hydrogen (secondary N) is 1. The summed E-state index contributed by atoms with van der Waals surface area (Å²) in [6, 6.07) is 26.1. The molecule has 4 aromatic rings. The van der Waals surface area contributed by atoms with E-state index in [9.17, 15) is 19.7 Å². The first kappa shape index (κ1) is 23.4. The summed E-state index contributed by atoms with van der Waals surface area (Å²) < 4.78 is 1.65. The predicted molar refractivity (Wildman–Crippen MR) is 132 cm³/mol. The van der Waals surface area contributed by atoms with Crippen LogP contribution in [0.15, 0.2) is 91.0 Å². The van der Waals surface area contributed by atoms with E-state index in [1.54, 1.807) is 17.7 Å². The van der Waals surface area contributed by atoms with Crippen LogP contribution in [0.25, 0.3) is 16.9 Å². The highest BCUT2D eigenvalue weighted by Crippen LogP contribution is 2.25. The lowest BCUT2D eigenvalue weighted by Gasteiger charge is -2.20. The van der Waals surface area contributed by atoms with Gasteiger partial charge in [-0.1, -0.05) is 48.5 Å². The van der Waals surface area contributed by atoms with E-state index in [0.717, 1.165) is 11.3 Å². The number of carbonyl (C=O) groups is 2. The molecule has 0 saturated carbocycles. The number of likely N-dealkylation sites (N-methyl/N-ethyl adjacent to an activating group) is 1. The number of anilines is 1. The fourth-order valence-corrected chi connectivity index (χ4v) is 3.58. The Balaban J connectivity index is 1.55. The van der Waals surface area contributed by atoms with Gasteiger partial charge < -0.3 is 10.2 Å². The van der Waals surface area contributed by atoms with Gasteiger partial charge in [0.2, 0.25) is 5.91 Å². The number of hydrogen-bond acceptors (Lipinski definition) is 5. The first-order chi connectivity index (χ1) is 17.0. The van der Waals surface area contributed by atoms with Crippen molar-refractivity contribution in [2.75, 3.05) is 18.4 Å². The van der Waals surface area contributed by atoms with Gasteiger partial charge in [-0.25, -0.2) is 4.68 Å². The summed E-state index contributed by atoms with van der Waals surface area (Å²) in [4.78, 5) is 37.5. The normalized spacial score (nSPS) is 10.5. The number of rotatable bonds is 8. The molecule has 4 rings (SSSR count). The molecule has 1 heterocycles. The van der Waals surface area contributed by atoms with Crippen LogP contribution in [-0.2, 0) is 4.79 Å². The SMILES string of the molecule is CCN(CC(=O)Nc1cc(-c2ccccc2)nn1-c1ccccc1)C(=O)c1ccc([N+](=O)[O-])cc1. The zero-order chi connectivity index (χ0) is 24.8. The van der Waals surface area contributed by atoms with Crippen LogP contribution in [-0.4, -0.2) is 44.5 Å². The van der Waals surface area contributed by atoms with Gasteiger partial charge in [0.15, 0.2) is 0 Å². The summed E-state index contributed by atoms with van der Waals surface area (Å²) in [5, 5.41) is 18.4. The third kappa shape index (κ3) is 5.41. The monoisotopic (exact) mass is 469 g/mol. The number of nitrogens with zero attached hydrogens (tertiary/aromatic N) is 4. The molecule has 1 N–H and O–H groups in total. The maximum absolute atomic E-state index is 13.0. The zero-order valence-electron chi connectivity index (χ0n) is 19.0. The summed E-state index contributed by atoms with van der Waals surface area (Å²) >= 11 is 0. The van der Waals surface area contributed by atoms with E-state index in [4.69, 9.17) is 0 Å². The highest BCUT2D eigenvalue weighted by atomic mass is 16.6. The second kappa shape index (κ2) is 10.4. The van der Waals surface area contributed by atoms with Crippen molar-refractivity contribution in [3.8, 4) is 16.9 Å². The van der Waals surface area contributed by atoms with E-state index in [2.05, 4.69) is 10.4 Å². The largest absolute Gasteiger partial charge is 0.330 e. The van der Waals surface area contributed by atoms with Gasteiger partial charge in [-0.05, 0) is 31.2 Å². The fourth-order valence-electron chi connectivity index (χ4n) is 3.58. The number of non-ortho nitro benzene ring substituents is 1. The van der Waals surface area contributed by atoms with E-state index >= 15 is 0 Å². The van der Waals surface area contributed by atoms with E-state index < -0.39 is 4.92 Å². The molecule has 0 bridgehead atoms. The molecular formula is C26H23N5O4. The van der Waals surface area contributed by atoms with Crippen LogP contribution in [0.1, 0.15) is 17.3 Å². The maximum Gasteiger partial charge on any atom is 0.269 e. The Hall–Kier alpha value is -4.79. The molecule has 0 fully saturated rings. The van der Waals surface area contributed by atoms with Gasteiger partial charge in [-0.15, -0.1) is 0 Å². The summed E-state index contributed by atoms with van der Waals surface area (Å²) in [7, 11) is 0. The van der Waals surface area contributed by atoms with E-state index in [1.165, 1.54) is 29.2 Å². The number of amides is 2. The molecule has 9 nitrogen and oxygen atoms in total. The average molecular weight is 470 g/mol. The van der Waals surface area contributed by atoms with Gasteiger partial charge in [0.1, 0.15) is 12.4 Å². The highest BCUT2D eigenvalue weighted by molar-refractivity contribution is 5.99. The molecule has 0 atom stereocenters. The lowest BCUT2D eigenvalue weighted by atomic mass is 10.1. The third-order valence-electron chi connectivity index (χ3n) is 5.38. The number of hydrogen-bond donors (Lipinski definition) is 1. The van der Waals surface area contributed by atoms with E-state index in [0.29, 0.717) is 11.5 Å². The molecular weight excluding hydrogens is 446 g/mol. The molecule has 0 aliphatic carbocycles. The number of benzene rings is 3. The molecule has 3 aromatic carbocycles. The first-order valence-electron chi connectivity index (χ1n) is 11.0. The average Bonchev–Trinajstić information content (AvgIpc) is 3.31. The van der Waals surface area contributed by atoms with Gasteiger partial charge in [-0.3, -0.25) is 19.7 Å². The molecule has 0 saturated heterocycles. The van der Waals surface area contributed by atoms with Gasteiger partial charge in [0, 0.05) is 35.9 Å². The minimum Gasteiger partial charge on any atom is -0.330 e. The van der Waals surface area contributed by atoms with Crippen molar-refractivity contribution in [1.82, 2.24) is 14.7 Å². The quantitative estimate of drug-likeness (QED) is 0.301. The van der Waals surface area contributed by atoms with Crippen molar-refractivity contribution in [1.29, 1.82) is 0 Å². The molecule has 0 unspecified atom stereocenters. The second-order valence-corrected chi connectivity index (χ2v) is 7.70. The van der Waals surface area contributed by atoms with Crippen LogP contribution in [0.4, 0.5) is 11.5 Å². The van der Waals surface area contributed by atoms with Crippen LogP contribution in [0.5, 0.6) is 0 Å². The lowest BCUT2D eigenvalue weighted by Crippen LogP contribution is -2.38. The van der Waals surface area contributed by atoms with Gasteiger partial charge in [0.25, 0.3) is 11.6 Å². The van der Waals surface area contributed by atoms with Gasteiger partial charge in [-0.2, -0.15) is 5.10 Å². The van der Waals surface area contributed by atoms with Crippen LogP contribution in [0.2, 0.25) is 0 Å². The molecule has 0 aliphatic rings. The lowest BCUT2D eigenvalue weighted by molar-refractivity contribution is -0.384. The number of aromatic nitrogens is 2. The molecule has 2 amide bonds. The van der Waals surface area contributed by atoms with Crippen molar-refractivity contribution in [3.63, 3.8) is 0 Å². The Kier molecular flexibility index (Phi) is 6.96. The molecule has 0 spiro atoms. The van der Waals surface area contributed by atoms with Crippen molar-refractivity contribution in [2.45, 2.75) is 6.92 Å². The van der Waals surface area contributed by atoms with Crippen molar-refractivity contribution in [2.24, 2.45) is 0 Å². The zero-order valence-corrected chi connectivity index (χ0v) is 19.0. The summed E-state index contributed by atoms with van der Waals surface area (Å²) in [6.45, 7) is 1.86. The third-order valence-corrected chi connectivity index (χ3v) is 5.38. The molecule has 0 radical (unpaired) electrons. The highest BCUT2D eigenvalue weighted by Gasteiger charge is 2.20. The first-order valence-corrected chi connectivity index (χ1v) is 11.0. The number of nitro benzene ring substituents is 1. The van der Waals surface area contributed by atoms with Gasteiger partial charge in [0.05, 0.1) is 16.3 Å². The molecule has 9 heteroatoms. The second-order valence-electron chi connectivity index (χ2n) is 7.70. The van der Waals surface area contributed by atoms with Crippen LogP contribution in [0.3, 0.4) is 0 Å². The van der Waals surface area contributed by atoms with Crippen molar-refractivity contribution in [3.05, 3.63) is 107 Å². The standard InChI is InChI=1S/C26H23N5O4/c1-2-29(26(33)20-13-15-22(16-14-20)31(34)35)18-25(32)27-24-17-23(19-9-5-3-6-10-19)28-30(24)21-11-7-4-8-12-21/h3-17H,2,18H2,1H3,(H,27,32).